The summed E-state index contributed by atoms with van der Waals surface area (Å²) in [5.41, 5.74) is -0.563. The van der Waals surface area contributed by atoms with Crippen molar-refractivity contribution in [3.05, 3.63) is 5.56 Å². The zero-order valence-corrected chi connectivity index (χ0v) is 14.5. The van der Waals surface area contributed by atoms with Gasteiger partial charge >= 0.3 is 51.4 Å². The minimum Gasteiger partial charge on any atom is -0.545 e. The van der Waals surface area contributed by atoms with Gasteiger partial charge in [0.25, 0.3) is 0 Å². The number of hydrogen-bond acceptors (Lipinski definition) is 7. The molecule has 7 nitrogen and oxygen atoms in total. The molecule has 0 saturated carbocycles. The number of methoxy groups -OCH3 is 4. The molecule has 0 bridgehead atoms. The molecule has 0 amide bonds. The van der Waals surface area contributed by atoms with Crippen molar-refractivity contribution in [1.82, 2.24) is 0 Å². The number of benzene rings is 1. The van der Waals surface area contributed by atoms with Crippen LogP contribution in [0, 0.1) is 0 Å². The number of aromatic carboxylic acids is 1. The first-order valence-electron chi connectivity index (χ1n) is 4.83. The van der Waals surface area contributed by atoms with E-state index in [1.54, 1.807) is 0 Å². The minimum absolute atomic E-state index is 0. The number of carboxylic acids is 1. The van der Waals surface area contributed by atoms with Crippen molar-refractivity contribution in [1.29, 1.82) is 0 Å². The SMILES string of the molecule is COc1c(O)c(C(=O)[O-])c(OC)c(OC)c1OC.[K+]. The third-order valence-corrected chi connectivity index (χ3v) is 2.32. The van der Waals surface area contributed by atoms with E-state index in [1.807, 2.05) is 0 Å². The molecule has 0 radical (unpaired) electrons. The molecule has 100 valence electrons. The summed E-state index contributed by atoms with van der Waals surface area (Å²) in [6, 6.07) is 0. The molecular weight excluding hydrogens is 283 g/mol. The molecule has 0 atom stereocenters. The molecule has 8 heteroatoms. The molecule has 0 aliphatic carbocycles. The largest absolute Gasteiger partial charge is 1.00 e. The smallest absolute Gasteiger partial charge is 0.545 e. The van der Waals surface area contributed by atoms with E-state index in [0.717, 1.165) is 0 Å². The van der Waals surface area contributed by atoms with Crippen molar-refractivity contribution >= 4 is 5.97 Å². The van der Waals surface area contributed by atoms with Crippen LogP contribution in [0.2, 0.25) is 0 Å². The van der Waals surface area contributed by atoms with Crippen LogP contribution in [-0.4, -0.2) is 39.5 Å². The summed E-state index contributed by atoms with van der Waals surface area (Å²) in [6.45, 7) is 0. The Bertz CT molecular complexity index is 473. The molecule has 19 heavy (non-hydrogen) atoms. The summed E-state index contributed by atoms with van der Waals surface area (Å²) in [5, 5.41) is 20.9. The Morgan fingerprint density at radius 2 is 1.26 bits per heavy atom. The Labute approximate surface area is 152 Å². The number of hydrogen-bond donors (Lipinski definition) is 1. The predicted molar refractivity (Wildman–Crippen MR) is 58.6 cm³/mol. The van der Waals surface area contributed by atoms with Crippen LogP contribution in [0.25, 0.3) is 0 Å². The Morgan fingerprint density at radius 3 is 1.58 bits per heavy atom. The summed E-state index contributed by atoms with van der Waals surface area (Å²) in [5.74, 6) is -2.62. The van der Waals surface area contributed by atoms with Gasteiger partial charge in [0.1, 0.15) is 0 Å². The van der Waals surface area contributed by atoms with Crippen LogP contribution in [0.15, 0.2) is 0 Å². The van der Waals surface area contributed by atoms with Gasteiger partial charge in [-0.1, -0.05) is 0 Å². The van der Waals surface area contributed by atoms with Gasteiger partial charge in [-0.05, 0) is 0 Å². The fourth-order valence-electron chi connectivity index (χ4n) is 1.59. The number of carbonyl (C=O) groups is 1. The maximum Gasteiger partial charge on any atom is 1.00 e. The third-order valence-electron chi connectivity index (χ3n) is 2.32. The van der Waals surface area contributed by atoms with Crippen molar-refractivity contribution in [3.63, 3.8) is 0 Å². The van der Waals surface area contributed by atoms with Gasteiger partial charge in [-0.2, -0.15) is 0 Å². The van der Waals surface area contributed by atoms with E-state index < -0.39 is 17.3 Å². The first-order valence-corrected chi connectivity index (χ1v) is 4.83. The molecule has 1 aromatic carbocycles. The van der Waals surface area contributed by atoms with Gasteiger partial charge in [0.05, 0.1) is 40.0 Å². The molecular formula is C11H13KO7. The van der Waals surface area contributed by atoms with Gasteiger partial charge in [0.15, 0.2) is 11.5 Å². The maximum absolute atomic E-state index is 11.0. The molecule has 0 saturated heterocycles. The average molecular weight is 296 g/mol. The Hall–Kier alpha value is -0.674. The van der Waals surface area contributed by atoms with Crippen LogP contribution in [0.5, 0.6) is 28.7 Å². The van der Waals surface area contributed by atoms with Crippen LogP contribution >= 0.6 is 0 Å². The Kier molecular flexibility index (Phi) is 7.53. The van der Waals surface area contributed by atoms with Crippen LogP contribution in [0.1, 0.15) is 10.4 Å². The third kappa shape index (κ3) is 3.26. The first-order chi connectivity index (χ1) is 8.53. The van der Waals surface area contributed by atoms with E-state index in [1.165, 1.54) is 28.4 Å². The van der Waals surface area contributed by atoms with Gasteiger partial charge in [0.2, 0.25) is 17.2 Å². The quantitative estimate of drug-likeness (QED) is 0.571. The molecule has 0 aliphatic rings. The molecule has 0 unspecified atom stereocenters. The Balaban J connectivity index is 0.00000324. The van der Waals surface area contributed by atoms with E-state index in [0.29, 0.717) is 0 Å². The van der Waals surface area contributed by atoms with Gasteiger partial charge in [-0.15, -0.1) is 0 Å². The van der Waals surface area contributed by atoms with Gasteiger partial charge in [0, 0.05) is 0 Å². The molecule has 1 aromatic rings. The number of ether oxygens (including phenoxy) is 4. The molecule has 0 heterocycles. The van der Waals surface area contributed by atoms with Crippen molar-refractivity contribution in [2.75, 3.05) is 28.4 Å². The summed E-state index contributed by atoms with van der Waals surface area (Å²) in [7, 11) is 5.10. The minimum atomic E-state index is -1.62. The number of rotatable bonds is 5. The summed E-state index contributed by atoms with van der Waals surface area (Å²) < 4.78 is 19.8. The molecule has 0 aliphatic heterocycles. The van der Waals surface area contributed by atoms with Crippen LogP contribution in [0.3, 0.4) is 0 Å². The number of phenols is 1. The number of carbonyl (C=O) groups excluding carboxylic acids is 1. The number of aromatic hydroxyl groups is 1. The van der Waals surface area contributed by atoms with Crippen molar-refractivity contribution in [2.45, 2.75) is 0 Å². The van der Waals surface area contributed by atoms with Crippen LogP contribution < -0.4 is 75.4 Å². The predicted octanol–water partition coefficient (Wildman–Crippen LogP) is -3.21. The van der Waals surface area contributed by atoms with Gasteiger partial charge in [-0.3, -0.25) is 0 Å². The normalized spacial score (nSPS) is 9.26. The fourth-order valence-corrected chi connectivity index (χ4v) is 1.59. The topological polar surface area (TPSA) is 97.3 Å². The summed E-state index contributed by atoms with van der Waals surface area (Å²) >= 11 is 0. The summed E-state index contributed by atoms with van der Waals surface area (Å²) in [4.78, 5) is 11.0. The van der Waals surface area contributed by atoms with E-state index in [9.17, 15) is 15.0 Å². The molecule has 0 fully saturated rings. The Morgan fingerprint density at radius 1 is 0.895 bits per heavy atom. The van der Waals surface area contributed by atoms with E-state index >= 15 is 0 Å². The van der Waals surface area contributed by atoms with Gasteiger partial charge in [-0.25, -0.2) is 0 Å². The standard InChI is InChI=1S/C11H14O7.K/c1-15-7-5(11(13)14)6(12)8(16-2)10(18-4)9(7)17-3;/h12H,1-4H3,(H,13,14);/q;+1/p-1. The number of carboxylic acid groups (broad SMARTS) is 1. The average Bonchev–Trinajstić information content (AvgIpc) is 2.36. The molecule has 0 spiro atoms. The molecule has 1 N–H and O–H groups in total. The van der Waals surface area contributed by atoms with Crippen LogP contribution in [0.4, 0.5) is 0 Å². The molecule has 0 aromatic heterocycles. The van der Waals surface area contributed by atoms with E-state index in [4.69, 9.17) is 18.9 Å². The second-order valence-corrected chi connectivity index (χ2v) is 3.14. The monoisotopic (exact) mass is 296 g/mol. The fraction of sp³-hybridized carbons (Fsp3) is 0.364. The van der Waals surface area contributed by atoms with Crippen molar-refractivity contribution < 1.29 is 85.3 Å². The van der Waals surface area contributed by atoms with Gasteiger partial charge < -0.3 is 34.0 Å². The zero-order chi connectivity index (χ0) is 13.9. The maximum atomic E-state index is 11.0. The second-order valence-electron chi connectivity index (χ2n) is 3.14. The van der Waals surface area contributed by atoms with Crippen molar-refractivity contribution in [2.24, 2.45) is 0 Å². The van der Waals surface area contributed by atoms with E-state index in [2.05, 4.69) is 0 Å². The van der Waals surface area contributed by atoms with Crippen molar-refractivity contribution in [3.8, 4) is 28.7 Å². The van der Waals surface area contributed by atoms with Crippen LogP contribution in [-0.2, 0) is 0 Å². The second kappa shape index (κ2) is 7.80. The molecule has 1 rings (SSSR count). The van der Waals surface area contributed by atoms with E-state index in [-0.39, 0.29) is 74.4 Å². The first kappa shape index (κ1) is 18.3. The zero-order valence-electron chi connectivity index (χ0n) is 11.4. The summed E-state index contributed by atoms with van der Waals surface area (Å²) in [6.07, 6.45) is 0.